The average Bonchev–Trinajstić information content (AvgIpc) is 3.37. The molecule has 0 aliphatic heterocycles. The van der Waals surface area contributed by atoms with Crippen molar-refractivity contribution in [3.8, 4) is 34.0 Å². The number of aromatic nitrogens is 2. The number of hydrogen-bond donors (Lipinski definition) is 0. The van der Waals surface area contributed by atoms with E-state index in [9.17, 15) is 18.0 Å². The molecule has 186 valence electrons. The Morgan fingerprint density at radius 3 is 2.50 bits per heavy atom. The van der Waals surface area contributed by atoms with Crippen LogP contribution in [0.5, 0.6) is 0 Å². The lowest BCUT2D eigenvalue weighted by molar-refractivity contribution is -0.137. The summed E-state index contributed by atoms with van der Waals surface area (Å²) in [5.74, 6) is 0.303. The van der Waals surface area contributed by atoms with Crippen molar-refractivity contribution in [3.05, 3.63) is 83.4 Å². The molecule has 0 aliphatic carbocycles. The molecule has 3 aromatic carbocycles. The number of alkyl halides is 3. The Balaban J connectivity index is 1.64. The lowest BCUT2D eigenvalue weighted by atomic mass is 9.94. The molecule has 0 spiro atoms. The first-order valence-electron chi connectivity index (χ1n) is 11.7. The van der Waals surface area contributed by atoms with Crippen LogP contribution in [0, 0.1) is 6.92 Å². The van der Waals surface area contributed by atoms with Crippen molar-refractivity contribution in [2.75, 3.05) is 13.1 Å². The van der Waals surface area contributed by atoms with Crippen LogP contribution in [0.4, 0.5) is 13.2 Å². The van der Waals surface area contributed by atoms with Gasteiger partial charge in [-0.2, -0.15) is 18.2 Å². The molecule has 0 radical (unpaired) electrons. The van der Waals surface area contributed by atoms with Crippen molar-refractivity contribution in [2.45, 2.75) is 33.0 Å². The second-order valence-electron chi connectivity index (χ2n) is 8.52. The maximum Gasteiger partial charge on any atom is 0.417 e. The zero-order chi connectivity index (χ0) is 25.7. The van der Waals surface area contributed by atoms with Crippen LogP contribution < -0.4 is 0 Å². The number of aryl methyl sites for hydroxylation is 1. The second kappa shape index (κ2) is 10.9. The topological polar surface area (TPSA) is 59.2 Å². The van der Waals surface area contributed by atoms with Gasteiger partial charge in [0.15, 0.2) is 0 Å². The molecule has 4 rings (SSSR count). The van der Waals surface area contributed by atoms with Gasteiger partial charge in [-0.25, -0.2) is 0 Å². The lowest BCUT2D eigenvalue weighted by Gasteiger charge is -2.19. The third-order valence-electron chi connectivity index (χ3n) is 6.03. The van der Waals surface area contributed by atoms with E-state index in [1.54, 1.807) is 37.3 Å². The van der Waals surface area contributed by atoms with Gasteiger partial charge < -0.3 is 9.32 Å². The van der Waals surface area contributed by atoms with Crippen LogP contribution in [0.1, 0.15) is 30.0 Å². The van der Waals surface area contributed by atoms with Crippen molar-refractivity contribution in [1.29, 1.82) is 0 Å². The molecule has 0 fully saturated rings. The highest BCUT2D eigenvalue weighted by molar-refractivity contribution is 5.74. The highest BCUT2D eigenvalue weighted by Crippen LogP contribution is 2.40. The van der Waals surface area contributed by atoms with E-state index in [0.717, 1.165) is 30.0 Å². The summed E-state index contributed by atoms with van der Waals surface area (Å²) in [7, 11) is 0. The molecule has 0 saturated carbocycles. The summed E-state index contributed by atoms with van der Waals surface area (Å²) in [4.78, 5) is 17.2. The number of halogens is 3. The predicted octanol–water partition coefficient (Wildman–Crippen LogP) is 6.81. The summed E-state index contributed by atoms with van der Waals surface area (Å²) in [5.41, 5.74) is 2.52. The van der Waals surface area contributed by atoms with Crippen molar-refractivity contribution < 1.29 is 22.5 Å². The SMILES string of the molecule is CCN(CCC=O)Cc1cccc(-c2noc(-c3ccc(-c4ccccc4C)c(C(F)(F)F)c3)n2)c1. The van der Waals surface area contributed by atoms with Crippen molar-refractivity contribution in [1.82, 2.24) is 15.0 Å². The minimum atomic E-state index is -4.56. The molecular weight excluding hydrogens is 467 g/mol. The Kier molecular flexibility index (Phi) is 7.64. The normalized spacial score (nSPS) is 11.7. The maximum atomic E-state index is 14.0. The molecule has 1 aromatic heterocycles. The zero-order valence-corrected chi connectivity index (χ0v) is 20.0. The quantitative estimate of drug-likeness (QED) is 0.240. The van der Waals surface area contributed by atoms with Gasteiger partial charge in [0.1, 0.15) is 6.29 Å². The molecule has 4 aromatic rings. The molecule has 0 atom stereocenters. The summed E-state index contributed by atoms with van der Waals surface area (Å²) in [6, 6.07) is 18.6. The van der Waals surface area contributed by atoms with Gasteiger partial charge in [-0.3, -0.25) is 4.90 Å². The minimum absolute atomic E-state index is 0.0124. The molecule has 0 bridgehead atoms. The molecule has 0 N–H and O–H groups in total. The molecule has 0 aliphatic rings. The van der Waals surface area contributed by atoms with Crippen LogP contribution in [0.15, 0.2) is 71.3 Å². The number of hydrogen-bond acceptors (Lipinski definition) is 5. The standard InChI is InChI=1S/C28H26F3N3O2/c1-3-34(14-7-15-35)18-20-9-6-10-21(16-20)26-32-27(36-33-26)22-12-13-24(25(17-22)28(29,30)31)23-11-5-4-8-19(23)2/h4-6,8-13,15-17H,3,7,14,18H2,1-2H3. The van der Waals surface area contributed by atoms with Crippen molar-refractivity contribution in [3.63, 3.8) is 0 Å². The number of aldehydes is 1. The van der Waals surface area contributed by atoms with Gasteiger partial charge in [0, 0.05) is 30.6 Å². The van der Waals surface area contributed by atoms with Crippen LogP contribution in [-0.4, -0.2) is 34.4 Å². The number of rotatable bonds is 9. The monoisotopic (exact) mass is 493 g/mol. The van der Waals surface area contributed by atoms with Crippen LogP contribution >= 0.6 is 0 Å². The van der Waals surface area contributed by atoms with E-state index in [-0.39, 0.29) is 17.0 Å². The third-order valence-corrected chi connectivity index (χ3v) is 6.03. The van der Waals surface area contributed by atoms with Gasteiger partial charge in [0.05, 0.1) is 5.56 Å². The highest BCUT2D eigenvalue weighted by Gasteiger charge is 2.34. The summed E-state index contributed by atoms with van der Waals surface area (Å²) in [6.45, 7) is 5.92. The zero-order valence-electron chi connectivity index (χ0n) is 20.0. The highest BCUT2D eigenvalue weighted by atomic mass is 19.4. The second-order valence-corrected chi connectivity index (χ2v) is 8.52. The first-order chi connectivity index (χ1) is 17.3. The van der Waals surface area contributed by atoms with E-state index in [2.05, 4.69) is 15.0 Å². The number of benzene rings is 3. The van der Waals surface area contributed by atoms with Gasteiger partial charge in [-0.1, -0.05) is 60.6 Å². The Morgan fingerprint density at radius 1 is 0.972 bits per heavy atom. The van der Waals surface area contributed by atoms with E-state index in [0.29, 0.717) is 36.5 Å². The fourth-order valence-corrected chi connectivity index (χ4v) is 4.13. The van der Waals surface area contributed by atoms with Crippen LogP contribution in [0.2, 0.25) is 0 Å². The maximum absolute atomic E-state index is 14.0. The smallest absolute Gasteiger partial charge is 0.334 e. The van der Waals surface area contributed by atoms with Crippen LogP contribution in [0.25, 0.3) is 34.0 Å². The van der Waals surface area contributed by atoms with E-state index in [1.807, 2.05) is 31.2 Å². The number of carbonyl (C=O) groups excluding carboxylic acids is 1. The van der Waals surface area contributed by atoms with Crippen LogP contribution in [-0.2, 0) is 17.5 Å². The molecule has 36 heavy (non-hydrogen) atoms. The van der Waals surface area contributed by atoms with Gasteiger partial charge in [0.25, 0.3) is 5.89 Å². The minimum Gasteiger partial charge on any atom is -0.334 e. The fraction of sp³-hybridized carbons (Fsp3) is 0.250. The summed E-state index contributed by atoms with van der Waals surface area (Å²) in [5, 5.41) is 4.01. The largest absolute Gasteiger partial charge is 0.417 e. The van der Waals surface area contributed by atoms with Gasteiger partial charge in [-0.05, 0) is 53.9 Å². The number of nitrogens with zero attached hydrogens (tertiary/aromatic N) is 3. The Hall–Kier alpha value is -3.78. The molecular formula is C28H26F3N3O2. The summed E-state index contributed by atoms with van der Waals surface area (Å²) >= 11 is 0. The van der Waals surface area contributed by atoms with E-state index < -0.39 is 11.7 Å². The van der Waals surface area contributed by atoms with Gasteiger partial charge in [0.2, 0.25) is 5.82 Å². The van der Waals surface area contributed by atoms with E-state index >= 15 is 0 Å². The first-order valence-corrected chi connectivity index (χ1v) is 11.7. The Labute approximate surface area is 207 Å². The number of carbonyl (C=O) groups is 1. The third kappa shape index (κ3) is 5.71. The van der Waals surface area contributed by atoms with Gasteiger partial charge >= 0.3 is 6.18 Å². The van der Waals surface area contributed by atoms with Crippen molar-refractivity contribution >= 4 is 6.29 Å². The fourth-order valence-electron chi connectivity index (χ4n) is 4.13. The molecule has 5 nitrogen and oxygen atoms in total. The summed E-state index contributed by atoms with van der Waals surface area (Å²) in [6.07, 6.45) is -3.19. The van der Waals surface area contributed by atoms with Crippen LogP contribution in [0.3, 0.4) is 0 Å². The molecule has 0 amide bonds. The molecule has 1 heterocycles. The Morgan fingerprint density at radius 2 is 1.78 bits per heavy atom. The lowest BCUT2D eigenvalue weighted by Crippen LogP contribution is -2.24. The molecule has 8 heteroatoms. The van der Waals surface area contributed by atoms with E-state index in [4.69, 9.17) is 4.52 Å². The Bertz CT molecular complexity index is 1350. The molecule has 0 saturated heterocycles. The van der Waals surface area contributed by atoms with E-state index in [1.165, 1.54) is 6.07 Å². The first kappa shape index (κ1) is 25.3. The van der Waals surface area contributed by atoms with Gasteiger partial charge in [-0.15, -0.1) is 0 Å². The average molecular weight is 494 g/mol. The summed E-state index contributed by atoms with van der Waals surface area (Å²) < 4.78 is 47.4. The molecule has 0 unspecified atom stereocenters. The van der Waals surface area contributed by atoms with Crippen molar-refractivity contribution in [2.24, 2.45) is 0 Å². The predicted molar refractivity (Wildman–Crippen MR) is 132 cm³/mol.